The molecule has 1 saturated heterocycles. The van der Waals surface area contributed by atoms with E-state index in [1.54, 1.807) is 4.90 Å². The second-order valence-corrected chi connectivity index (χ2v) is 6.60. The molecule has 0 spiro atoms. The van der Waals surface area contributed by atoms with Crippen LogP contribution >= 0.6 is 0 Å². The van der Waals surface area contributed by atoms with Crippen LogP contribution in [0.2, 0.25) is 0 Å². The molecule has 1 fully saturated rings. The third-order valence-electron chi connectivity index (χ3n) is 4.92. The number of carbonyl (C=O) groups excluding carboxylic acids is 1. The van der Waals surface area contributed by atoms with Crippen LogP contribution in [0.3, 0.4) is 0 Å². The lowest BCUT2D eigenvalue weighted by molar-refractivity contribution is -0.117. The van der Waals surface area contributed by atoms with Gasteiger partial charge in [-0.25, -0.2) is 0 Å². The number of benzene rings is 2. The third kappa shape index (κ3) is 3.12. The maximum absolute atomic E-state index is 12.4. The average Bonchev–Trinajstić information content (AvgIpc) is 3.31. The SMILES string of the molecule is CCC(c1ccccc1)c1nc(C2CC(=O)N(c3ccccc3)C2)no1. The molecule has 2 aromatic carbocycles. The zero-order valence-corrected chi connectivity index (χ0v) is 14.7. The maximum Gasteiger partial charge on any atom is 0.234 e. The molecule has 4 rings (SSSR count). The molecule has 132 valence electrons. The minimum Gasteiger partial charge on any atom is -0.339 e. The second kappa shape index (κ2) is 7.12. The van der Waals surface area contributed by atoms with Crippen molar-refractivity contribution in [1.29, 1.82) is 0 Å². The van der Waals surface area contributed by atoms with Gasteiger partial charge < -0.3 is 9.42 Å². The van der Waals surface area contributed by atoms with Gasteiger partial charge >= 0.3 is 0 Å². The van der Waals surface area contributed by atoms with Crippen LogP contribution in [0.4, 0.5) is 5.69 Å². The van der Waals surface area contributed by atoms with Gasteiger partial charge in [0.15, 0.2) is 5.82 Å². The van der Waals surface area contributed by atoms with E-state index in [9.17, 15) is 4.79 Å². The number of rotatable bonds is 5. The maximum atomic E-state index is 12.4. The van der Waals surface area contributed by atoms with E-state index in [4.69, 9.17) is 4.52 Å². The first kappa shape index (κ1) is 16.5. The number of carbonyl (C=O) groups is 1. The van der Waals surface area contributed by atoms with E-state index < -0.39 is 0 Å². The van der Waals surface area contributed by atoms with Crippen molar-refractivity contribution in [3.8, 4) is 0 Å². The monoisotopic (exact) mass is 347 g/mol. The Bertz CT molecular complexity index is 877. The second-order valence-electron chi connectivity index (χ2n) is 6.60. The molecule has 0 radical (unpaired) electrons. The Balaban J connectivity index is 1.54. The van der Waals surface area contributed by atoms with Crippen molar-refractivity contribution in [3.63, 3.8) is 0 Å². The summed E-state index contributed by atoms with van der Waals surface area (Å²) in [6, 6.07) is 19.9. The highest BCUT2D eigenvalue weighted by atomic mass is 16.5. The van der Waals surface area contributed by atoms with Crippen molar-refractivity contribution in [2.24, 2.45) is 0 Å². The Hall–Kier alpha value is -2.95. The molecule has 0 N–H and O–H groups in total. The highest BCUT2D eigenvalue weighted by Gasteiger charge is 2.35. The van der Waals surface area contributed by atoms with E-state index in [2.05, 4.69) is 29.2 Å². The molecule has 1 amide bonds. The summed E-state index contributed by atoms with van der Waals surface area (Å²) >= 11 is 0. The quantitative estimate of drug-likeness (QED) is 0.696. The topological polar surface area (TPSA) is 59.2 Å². The average molecular weight is 347 g/mol. The van der Waals surface area contributed by atoms with Gasteiger partial charge in [0, 0.05) is 24.6 Å². The minimum absolute atomic E-state index is 0.0338. The fourth-order valence-corrected chi connectivity index (χ4v) is 3.53. The van der Waals surface area contributed by atoms with Crippen molar-refractivity contribution < 1.29 is 9.32 Å². The molecule has 1 aromatic heterocycles. The molecule has 1 aliphatic rings. The molecular formula is C21H21N3O2. The summed E-state index contributed by atoms with van der Waals surface area (Å²) < 4.78 is 5.57. The van der Waals surface area contributed by atoms with Crippen LogP contribution in [0.1, 0.15) is 48.9 Å². The summed E-state index contributed by atoms with van der Waals surface area (Å²) in [5.74, 6) is 1.40. The number of nitrogens with zero attached hydrogens (tertiary/aromatic N) is 3. The lowest BCUT2D eigenvalue weighted by Gasteiger charge is -2.15. The molecule has 5 nitrogen and oxygen atoms in total. The number of aromatic nitrogens is 2. The zero-order chi connectivity index (χ0) is 17.9. The Morgan fingerprint density at radius 3 is 2.50 bits per heavy atom. The first-order chi connectivity index (χ1) is 12.8. The van der Waals surface area contributed by atoms with Gasteiger partial charge in [-0.05, 0) is 24.1 Å². The Labute approximate surface area is 152 Å². The van der Waals surface area contributed by atoms with Crippen LogP contribution < -0.4 is 4.90 Å². The summed E-state index contributed by atoms with van der Waals surface area (Å²) in [4.78, 5) is 18.9. The predicted molar refractivity (Wildman–Crippen MR) is 99.0 cm³/mol. The van der Waals surface area contributed by atoms with Crippen molar-refractivity contribution in [3.05, 3.63) is 77.9 Å². The highest BCUT2D eigenvalue weighted by Crippen LogP contribution is 2.32. The van der Waals surface area contributed by atoms with Gasteiger partial charge in [-0.2, -0.15) is 4.98 Å². The van der Waals surface area contributed by atoms with Crippen LogP contribution in [-0.2, 0) is 4.79 Å². The summed E-state index contributed by atoms with van der Waals surface area (Å²) in [6.45, 7) is 2.70. The van der Waals surface area contributed by atoms with Gasteiger partial charge in [0.05, 0.1) is 5.92 Å². The van der Waals surface area contributed by atoms with E-state index in [-0.39, 0.29) is 17.7 Å². The standard InChI is InChI=1S/C21H21N3O2/c1-2-18(15-9-5-3-6-10-15)21-22-20(23-26-21)16-13-19(25)24(14-16)17-11-7-4-8-12-17/h3-12,16,18H,2,13-14H2,1H3. The third-order valence-corrected chi connectivity index (χ3v) is 4.92. The first-order valence-electron chi connectivity index (χ1n) is 9.00. The van der Waals surface area contributed by atoms with Crippen LogP contribution in [0.5, 0.6) is 0 Å². The highest BCUT2D eigenvalue weighted by molar-refractivity contribution is 5.96. The molecule has 3 aromatic rings. The van der Waals surface area contributed by atoms with Crippen molar-refractivity contribution >= 4 is 11.6 Å². The van der Waals surface area contributed by atoms with Gasteiger partial charge in [-0.15, -0.1) is 0 Å². The Morgan fingerprint density at radius 1 is 1.12 bits per heavy atom. The molecule has 0 saturated carbocycles. The number of hydrogen-bond donors (Lipinski definition) is 0. The largest absolute Gasteiger partial charge is 0.339 e. The Morgan fingerprint density at radius 2 is 1.81 bits per heavy atom. The molecule has 2 unspecified atom stereocenters. The van der Waals surface area contributed by atoms with Gasteiger partial charge in [0.2, 0.25) is 11.8 Å². The van der Waals surface area contributed by atoms with E-state index in [1.165, 1.54) is 5.56 Å². The fraction of sp³-hybridized carbons (Fsp3) is 0.286. The van der Waals surface area contributed by atoms with E-state index in [0.717, 1.165) is 12.1 Å². The van der Waals surface area contributed by atoms with E-state index in [1.807, 2.05) is 48.5 Å². The van der Waals surface area contributed by atoms with E-state index in [0.29, 0.717) is 24.7 Å². The van der Waals surface area contributed by atoms with Gasteiger partial charge in [-0.1, -0.05) is 60.6 Å². The molecule has 0 bridgehead atoms. The summed E-state index contributed by atoms with van der Waals surface area (Å²) in [6.07, 6.45) is 1.29. The normalized spacial score (nSPS) is 18.3. The van der Waals surface area contributed by atoms with E-state index >= 15 is 0 Å². The molecule has 5 heteroatoms. The molecule has 1 aliphatic heterocycles. The van der Waals surface area contributed by atoms with Crippen molar-refractivity contribution in [2.45, 2.75) is 31.6 Å². The Kier molecular flexibility index (Phi) is 4.52. The minimum atomic E-state index is -0.0338. The van der Waals surface area contributed by atoms with Gasteiger partial charge in [0.1, 0.15) is 0 Å². The summed E-state index contributed by atoms with van der Waals surface area (Å²) in [5, 5.41) is 4.19. The number of anilines is 1. The van der Waals surface area contributed by atoms with Crippen molar-refractivity contribution in [1.82, 2.24) is 10.1 Å². The van der Waals surface area contributed by atoms with Crippen LogP contribution in [0.15, 0.2) is 65.2 Å². The van der Waals surface area contributed by atoms with Crippen LogP contribution in [0.25, 0.3) is 0 Å². The summed E-state index contributed by atoms with van der Waals surface area (Å²) in [5.41, 5.74) is 2.08. The molecule has 2 heterocycles. The molecule has 26 heavy (non-hydrogen) atoms. The van der Waals surface area contributed by atoms with Crippen LogP contribution in [-0.4, -0.2) is 22.6 Å². The zero-order valence-electron chi connectivity index (χ0n) is 14.7. The summed E-state index contributed by atoms with van der Waals surface area (Å²) in [7, 11) is 0. The first-order valence-corrected chi connectivity index (χ1v) is 9.00. The van der Waals surface area contributed by atoms with Gasteiger partial charge in [0.25, 0.3) is 0 Å². The fourth-order valence-electron chi connectivity index (χ4n) is 3.53. The van der Waals surface area contributed by atoms with Crippen LogP contribution in [0, 0.1) is 0 Å². The predicted octanol–water partition coefficient (Wildman–Crippen LogP) is 4.13. The number of amides is 1. The number of para-hydroxylation sites is 1. The van der Waals surface area contributed by atoms with Crippen molar-refractivity contribution in [2.75, 3.05) is 11.4 Å². The lowest BCUT2D eigenvalue weighted by Crippen LogP contribution is -2.24. The molecule has 0 aliphatic carbocycles. The smallest absolute Gasteiger partial charge is 0.234 e. The molecule has 2 atom stereocenters. The lowest BCUT2D eigenvalue weighted by atomic mass is 9.96. The number of hydrogen-bond acceptors (Lipinski definition) is 4. The molecular weight excluding hydrogens is 326 g/mol. The van der Waals surface area contributed by atoms with Gasteiger partial charge in [-0.3, -0.25) is 4.79 Å².